The molecular formula is C16H26N2O3. The van der Waals surface area contributed by atoms with Crippen LogP contribution in [-0.2, 0) is 14.3 Å². The van der Waals surface area contributed by atoms with Gasteiger partial charge in [0.1, 0.15) is 11.6 Å². The van der Waals surface area contributed by atoms with Crippen LogP contribution >= 0.6 is 0 Å². The smallest absolute Gasteiger partial charge is 0.249 e. The van der Waals surface area contributed by atoms with Gasteiger partial charge in [0, 0.05) is 6.61 Å². The van der Waals surface area contributed by atoms with E-state index in [2.05, 4.69) is 12.2 Å². The number of nitrogens with zero attached hydrogens (tertiary/aromatic N) is 1. The average Bonchev–Trinajstić information content (AvgIpc) is 3.00. The maximum Gasteiger partial charge on any atom is 0.249 e. The second kappa shape index (κ2) is 5.95. The number of rotatable bonds is 3. The van der Waals surface area contributed by atoms with E-state index in [0.29, 0.717) is 13.2 Å². The van der Waals surface area contributed by atoms with Gasteiger partial charge in [-0.15, -0.1) is 0 Å². The maximum atomic E-state index is 13.2. The molecule has 2 aliphatic heterocycles. The number of nitrogens with one attached hydrogen (secondary N) is 1. The largest absolute Gasteiger partial charge is 0.379 e. The molecule has 3 fully saturated rings. The Bertz CT molecular complexity index is 412. The van der Waals surface area contributed by atoms with E-state index in [1.54, 1.807) is 0 Å². The van der Waals surface area contributed by atoms with Gasteiger partial charge < -0.3 is 15.0 Å². The molecule has 0 aromatic carbocycles. The van der Waals surface area contributed by atoms with Crippen molar-refractivity contribution in [2.24, 2.45) is 0 Å². The molecule has 2 heterocycles. The van der Waals surface area contributed by atoms with Crippen molar-refractivity contribution >= 4 is 11.8 Å². The molecule has 1 spiro atoms. The molecule has 3 rings (SSSR count). The Morgan fingerprint density at radius 3 is 2.67 bits per heavy atom. The van der Waals surface area contributed by atoms with Gasteiger partial charge in [-0.1, -0.05) is 32.6 Å². The summed E-state index contributed by atoms with van der Waals surface area (Å²) >= 11 is 0. The number of piperazine rings is 1. The Hall–Kier alpha value is -1.10. The summed E-state index contributed by atoms with van der Waals surface area (Å²) in [7, 11) is 0. The van der Waals surface area contributed by atoms with E-state index >= 15 is 0 Å². The molecule has 5 nitrogen and oxygen atoms in total. The van der Waals surface area contributed by atoms with Crippen LogP contribution < -0.4 is 5.32 Å². The van der Waals surface area contributed by atoms with E-state index in [1.165, 1.54) is 0 Å². The molecule has 1 N–H and O–H groups in total. The second-order valence-electron chi connectivity index (χ2n) is 6.67. The molecule has 21 heavy (non-hydrogen) atoms. The molecule has 0 aromatic rings. The number of hydrogen-bond donors (Lipinski definition) is 1. The first-order valence-electron chi connectivity index (χ1n) is 8.40. The zero-order valence-electron chi connectivity index (χ0n) is 12.9. The summed E-state index contributed by atoms with van der Waals surface area (Å²) < 4.78 is 5.47. The highest BCUT2D eigenvalue weighted by Gasteiger charge is 2.52. The minimum absolute atomic E-state index is 0.0465. The van der Waals surface area contributed by atoms with Gasteiger partial charge in [0.05, 0.1) is 12.6 Å². The fourth-order valence-electron chi connectivity index (χ4n) is 4.09. The van der Waals surface area contributed by atoms with Crippen molar-refractivity contribution in [3.05, 3.63) is 0 Å². The van der Waals surface area contributed by atoms with E-state index in [1.807, 2.05) is 4.90 Å². The first kappa shape index (κ1) is 14.8. The zero-order valence-corrected chi connectivity index (χ0v) is 12.9. The van der Waals surface area contributed by atoms with Gasteiger partial charge in [0.2, 0.25) is 11.8 Å². The molecule has 2 saturated heterocycles. The number of ether oxygens (including phenoxy) is 1. The lowest BCUT2D eigenvalue weighted by Crippen LogP contribution is -2.72. The summed E-state index contributed by atoms with van der Waals surface area (Å²) in [5.41, 5.74) is -0.623. The van der Waals surface area contributed by atoms with Gasteiger partial charge in [-0.25, -0.2) is 0 Å². The van der Waals surface area contributed by atoms with Crippen molar-refractivity contribution in [2.45, 2.75) is 75.9 Å². The van der Waals surface area contributed by atoms with Gasteiger partial charge in [-0.05, 0) is 25.7 Å². The first-order chi connectivity index (χ1) is 10.2. The van der Waals surface area contributed by atoms with Gasteiger partial charge in [0.25, 0.3) is 0 Å². The van der Waals surface area contributed by atoms with E-state index in [9.17, 15) is 9.59 Å². The van der Waals surface area contributed by atoms with Crippen LogP contribution in [0.4, 0.5) is 0 Å². The van der Waals surface area contributed by atoms with E-state index in [0.717, 1.165) is 51.4 Å². The zero-order chi connectivity index (χ0) is 14.9. The maximum absolute atomic E-state index is 13.2. The fourth-order valence-corrected chi connectivity index (χ4v) is 4.09. The Morgan fingerprint density at radius 2 is 2.05 bits per heavy atom. The monoisotopic (exact) mass is 294 g/mol. The SMILES string of the molecule is CCCC1C(=O)NC2(CCCCC2)C(=O)N1C1CCOC1. The van der Waals surface area contributed by atoms with Crippen LogP contribution in [0.5, 0.6) is 0 Å². The Balaban J connectivity index is 1.89. The quantitative estimate of drug-likeness (QED) is 0.860. The van der Waals surface area contributed by atoms with Gasteiger partial charge in [-0.2, -0.15) is 0 Å². The summed E-state index contributed by atoms with van der Waals surface area (Å²) in [5.74, 6) is 0.195. The van der Waals surface area contributed by atoms with Crippen LogP contribution in [0.1, 0.15) is 58.3 Å². The molecule has 5 heteroatoms. The lowest BCUT2D eigenvalue weighted by Gasteiger charge is -2.49. The van der Waals surface area contributed by atoms with Crippen molar-refractivity contribution in [1.82, 2.24) is 10.2 Å². The summed E-state index contributed by atoms with van der Waals surface area (Å²) in [4.78, 5) is 27.7. The minimum Gasteiger partial charge on any atom is -0.379 e. The Morgan fingerprint density at radius 1 is 1.29 bits per heavy atom. The fraction of sp³-hybridized carbons (Fsp3) is 0.875. The van der Waals surface area contributed by atoms with E-state index < -0.39 is 5.54 Å². The van der Waals surface area contributed by atoms with Crippen molar-refractivity contribution in [2.75, 3.05) is 13.2 Å². The van der Waals surface area contributed by atoms with E-state index in [4.69, 9.17) is 4.74 Å². The van der Waals surface area contributed by atoms with Gasteiger partial charge >= 0.3 is 0 Å². The Labute approximate surface area is 126 Å². The Kier molecular flexibility index (Phi) is 4.20. The van der Waals surface area contributed by atoms with Crippen molar-refractivity contribution in [3.63, 3.8) is 0 Å². The summed E-state index contributed by atoms with van der Waals surface area (Å²) in [6.07, 6.45) is 7.30. The van der Waals surface area contributed by atoms with Crippen molar-refractivity contribution in [3.8, 4) is 0 Å². The van der Waals surface area contributed by atoms with Crippen LogP contribution in [0.3, 0.4) is 0 Å². The van der Waals surface area contributed by atoms with Gasteiger partial charge in [0.15, 0.2) is 0 Å². The van der Waals surface area contributed by atoms with Crippen LogP contribution in [0.2, 0.25) is 0 Å². The molecule has 1 saturated carbocycles. The predicted molar refractivity (Wildman–Crippen MR) is 78.7 cm³/mol. The number of carbonyl (C=O) groups excluding carboxylic acids is 2. The summed E-state index contributed by atoms with van der Waals surface area (Å²) in [6, 6.07) is -0.222. The van der Waals surface area contributed by atoms with E-state index in [-0.39, 0.29) is 23.9 Å². The standard InChI is InChI=1S/C16H26N2O3/c1-2-6-13-14(19)17-16(8-4-3-5-9-16)15(20)18(13)12-7-10-21-11-12/h12-13H,2-11H2,1H3,(H,17,19). The lowest BCUT2D eigenvalue weighted by molar-refractivity contribution is -0.160. The molecule has 118 valence electrons. The lowest BCUT2D eigenvalue weighted by atomic mass is 9.77. The number of carbonyl (C=O) groups is 2. The molecule has 1 aliphatic carbocycles. The number of hydrogen-bond acceptors (Lipinski definition) is 3. The topological polar surface area (TPSA) is 58.6 Å². The first-order valence-corrected chi connectivity index (χ1v) is 8.40. The van der Waals surface area contributed by atoms with Crippen LogP contribution in [0.15, 0.2) is 0 Å². The van der Waals surface area contributed by atoms with Crippen molar-refractivity contribution in [1.29, 1.82) is 0 Å². The second-order valence-corrected chi connectivity index (χ2v) is 6.67. The van der Waals surface area contributed by atoms with Gasteiger partial charge in [-0.3, -0.25) is 9.59 Å². The molecular weight excluding hydrogens is 268 g/mol. The third-order valence-electron chi connectivity index (χ3n) is 5.21. The predicted octanol–water partition coefficient (Wildman–Crippen LogP) is 1.61. The molecule has 2 atom stereocenters. The molecule has 0 aromatic heterocycles. The number of amides is 2. The average molecular weight is 294 g/mol. The molecule has 0 radical (unpaired) electrons. The normalized spacial score (nSPS) is 32.5. The summed E-state index contributed by atoms with van der Waals surface area (Å²) in [6.45, 7) is 3.34. The van der Waals surface area contributed by atoms with Crippen LogP contribution in [0.25, 0.3) is 0 Å². The minimum atomic E-state index is -0.623. The highest BCUT2D eigenvalue weighted by atomic mass is 16.5. The highest BCUT2D eigenvalue weighted by Crippen LogP contribution is 2.35. The third-order valence-corrected chi connectivity index (χ3v) is 5.21. The molecule has 2 amide bonds. The van der Waals surface area contributed by atoms with Crippen molar-refractivity contribution < 1.29 is 14.3 Å². The molecule has 2 unspecified atom stereocenters. The molecule has 0 bridgehead atoms. The van der Waals surface area contributed by atoms with Crippen LogP contribution in [-0.4, -0.2) is 47.6 Å². The van der Waals surface area contributed by atoms with Crippen LogP contribution in [0, 0.1) is 0 Å². The third kappa shape index (κ3) is 2.56. The summed E-state index contributed by atoms with van der Waals surface area (Å²) in [5, 5.41) is 3.10. The highest BCUT2D eigenvalue weighted by molar-refractivity contribution is 6.00. The molecule has 3 aliphatic rings.